The van der Waals surface area contributed by atoms with Gasteiger partial charge in [0.2, 0.25) is 0 Å². The van der Waals surface area contributed by atoms with Crippen molar-refractivity contribution in [3.8, 4) is 5.75 Å². The van der Waals surface area contributed by atoms with E-state index >= 15 is 0 Å². The summed E-state index contributed by atoms with van der Waals surface area (Å²) in [5.41, 5.74) is 1.24. The first-order valence-electron chi connectivity index (χ1n) is 6.60. The molecule has 0 radical (unpaired) electrons. The molecule has 1 heterocycles. The van der Waals surface area contributed by atoms with Crippen LogP contribution in [0.1, 0.15) is 11.6 Å². The lowest BCUT2D eigenvalue weighted by atomic mass is 10.0. The van der Waals surface area contributed by atoms with Crippen molar-refractivity contribution < 1.29 is 4.74 Å². The minimum Gasteiger partial charge on any atom is -0.492 e. The number of hydrogen-bond acceptors (Lipinski definition) is 3. The molecule has 0 bridgehead atoms. The number of nitrogens with one attached hydrogen (secondary N) is 1. The molecule has 4 heteroatoms. The number of para-hydroxylation sites is 1. The Balaban J connectivity index is 1.87. The maximum atomic E-state index is 5.90. The molecule has 0 aromatic heterocycles. The van der Waals surface area contributed by atoms with Crippen molar-refractivity contribution in [1.29, 1.82) is 0 Å². The molecule has 2 aromatic carbocycles. The van der Waals surface area contributed by atoms with E-state index in [0.717, 1.165) is 10.2 Å². The molecule has 20 heavy (non-hydrogen) atoms. The van der Waals surface area contributed by atoms with Crippen LogP contribution in [0.15, 0.2) is 57.9 Å². The molecule has 0 amide bonds. The first-order chi connectivity index (χ1) is 9.79. The van der Waals surface area contributed by atoms with Gasteiger partial charge < -0.3 is 10.1 Å². The van der Waals surface area contributed by atoms with E-state index in [4.69, 9.17) is 4.74 Å². The molecule has 1 aliphatic rings. The Labute approximate surface area is 132 Å². The summed E-state index contributed by atoms with van der Waals surface area (Å²) < 4.78 is 7.04. The second-order valence-corrected chi connectivity index (χ2v) is 6.84. The standard InChI is InChI=1S/C16H16BrNOS/c1-18-16-11-6-2-4-8-13(11)19-10-15(16)20-14-9-5-3-7-12(14)17/h2-9,15-16,18H,10H2,1H3. The third-order valence-corrected chi connectivity index (χ3v) is 5.73. The van der Waals surface area contributed by atoms with Gasteiger partial charge >= 0.3 is 0 Å². The van der Waals surface area contributed by atoms with E-state index in [9.17, 15) is 0 Å². The van der Waals surface area contributed by atoms with Crippen LogP contribution in [-0.4, -0.2) is 18.9 Å². The Morgan fingerprint density at radius 2 is 1.90 bits per heavy atom. The molecule has 3 rings (SSSR count). The Bertz CT molecular complexity index is 605. The van der Waals surface area contributed by atoms with Crippen LogP contribution < -0.4 is 10.1 Å². The molecule has 0 spiro atoms. The molecule has 0 saturated heterocycles. The van der Waals surface area contributed by atoms with Crippen molar-refractivity contribution in [2.75, 3.05) is 13.7 Å². The fraction of sp³-hybridized carbons (Fsp3) is 0.250. The highest BCUT2D eigenvalue weighted by molar-refractivity contribution is 9.10. The quantitative estimate of drug-likeness (QED) is 0.894. The van der Waals surface area contributed by atoms with Crippen LogP contribution in [-0.2, 0) is 0 Å². The second kappa shape index (κ2) is 6.20. The van der Waals surface area contributed by atoms with Crippen LogP contribution in [0.2, 0.25) is 0 Å². The fourth-order valence-electron chi connectivity index (χ4n) is 2.48. The maximum absolute atomic E-state index is 5.90. The van der Waals surface area contributed by atoms with Crippen LogP contribution >= 0.6 is 27.7 Å². The molecular formula is C16H16BrNOS. The molecule has 0 saturated carbocycles. The molecule has 1 N–H and O–H groups in total. The molecule has 2 aromatic rings. The number of benzene rings is 2. The van der Waals surface area contributed by atoms with Gasteiger partial charge in [0.05, 0.1) is 11.3 Å². The third kappa shape index (κ3) is 2.73. The van der Waals surface area contributed by atoms with E-state index in [0.29, 0.717) is 17.9 Å². The lowest BCUT2D eigenvalue weighted by molar-refractivity contribution is 0.265. The summed E-state index contributed by atoms with van der Waals surface area (Å²) >= 11 is 5.47. The minimum absolute atomic E-state index is 0.303. The summed E-state index contributed by atoms with van der Waals surface area (Å²) in [4.78, 5) is 1.25. The maximum Gasteiger partial charge on any atom is 0.124 e. The first-order valence-corrected chi connectivity index (χ1v) is 8.27. The smallest absolute Gasteiger partial charge is 0.124 e. The molecule has 104 valence electrons. The lowest BCUT2D eigenvalue weighted by Crippen LogP contribution is -2.35. The summed E-state index contributed by atoms with van der Waals surface area (Å²) in [6.45, 7) is 0.717. The fourth-order valence-corrected chi connectivity index (χ4v) is 4.27. The second-order valence-electron chi connectivity index (χ2n) is 4.70. The van der Waals surface area contributed by atoms with E-state index < -0.39 is 0 Å². The highest BCUT2D eigenvalue weighted by Gasteiger charge is 2.30. The molecule has 1 aliphatic heterocycles. The summed E-state index contributed by atoms with van der Waals surface area (Å²) in [6, 6.07) is 16.9. The lowest BCUT2D eigenvalue weighted by Gasteiger charge is -2.33. The van der Waals surface area contributed by atoms with Crippen LogP contribution in [0, 0.1) is 0 Å². The highest BCUT2D eigenvalue weighted by atomic mass is 79.9. The van der Waals surface area contributed by atoms with Crippen molar-refractivity contribution in [2.24, 2.45) is 0 Å². The van der Waals surface area contributed by atoms with Gasteiger partial charge in [0.1, 0.15) is 12.4 Å². The zero-order chi connectivity index (χ0) is 13.9. The molecule has 2 unspecified atom stereocenters. The summed E-state index contributed by atoms with van der Waals surface area (Å²) in [7, 11) is 2.01. The SMILES string of the molecule is CNC1c2ccccc2OCC1Sc1ccccc1Br. The van der Waals surface area contributed by atoms with E-state index in [-0.39, 0.29) is 0 Å². The monoisotopic (exact) mass is 349 g/mol. The van der Waals surface area contributed by atoms with E-state index in [1.165, 1.54) is 10.5 Å². The van der Waals surface area contributed by atoms with Crippen molar-refractivity contribution in [1.82, 2.24) is 5.32 Å². The Hall–Kier alpha value is -0.970. The summed E-state index contributed by atoms with van der Waals surface area (Å²) in [6.07, 6.45) is 0. The van der Waals surface area contributed by atoms with Crippen molar-refractivity contribution in [3.63, 3.8) is 0 Å². The third-order valence-electron chi connectivity index (χ3n) is 3.45. The van der Waals surface area contributed by atoms with Crippen LogP contribution in [0.5, 0.6) is 5.75 Å². The number of hydrogen-bond donors (Lipinski definition) is 1. The number of ether oxygens (including phenoxy) is 1. The average molecular weight is 350 g/mol. The number of fused-ring (bicyclic) bond motifs is 1. The highest BCUT2D eigenvalue weighted by Crippen LogP contribution is 2.41. The zero-order valence-corrected chi connectivity index (χ0v) is 13.6. The summed E-state index contributed by atoms with van der Waals surface area (Å²) in [5.74, 6) is 0.996. The summed E-state index contributed by atoms with van der Waals surface area (Å²) in [5, 5.41) is 3.79. The Morgan fingerprint density at radius 3 is 2.70 bits per heavy atom. The van der Waals surface area contributed by atoms with E-state index in [1.54, 1.807) is 0 Å². The van der Waals surface area contributed by atoms with Gasteiger partial charge in [-0.15, -0.1) is 11.8 Å². The van der Waals surface area contributed by atoms with Gasteiger partial charge in [-0.25, -0.2) is 0 Å². The first kappa shape index (κ1) is 14.0. The van der Waals surface area contributed by atoms with E-state index in [2.05, 4.69) is 51.6 Å². The van der Waals surface area contributed by atoms with Gasteiger partial charge in [-0.2, -0.15) is 0 Å². The molecule has 2 atom stereocenters. The van der Waals surface area contributed by atoms with Crippen LogP contribution in [0.3, 0.4) is 0 Å². The van der Waals surface area contributed by atoms with E-state index in [1.807, 2.05) is 37.0 Å². The zero-order valence-electron chi connectivity index (χ0n) is 11.2. The number of thioether (sulfide) groups is 1. The predicted molar refractivity (Wildman–Crippen MR) is 87.5 cm³/mol. The molecule has 0 fully saturated rings. The van der Waals surface area contributed by atoms with Gasteiger partial charge in [-0.05, 0) is 41.2 Å². The molecular weight excluding hydrogens is 334 g/mol. The van der Waals surface area contributed by atoms with Crippen molar-refractivity contribution >= 4 is 27.7 Å². The Kier molecular flexibility index (Phi) is 4.34. The van der Waals surface area contributed by atoms with Crippen LogP contribution in [0.25, 0.3) is 0 Å². The largest absolute Gasteiger partial charge is 0.492 e. The predicted octanol–water partition coefficient (Wildman–Crippen LogP) is 4.26. The van der Waals surface area contributed by atoms with Crippen molar-refractivity contribution in [3.05, 3.63) is 58.6 Å². The number of rotatable bonds is 3. The minimum atomic E-state index is 0.303. The Morgan fingerprint density at radius 1 is 1.15 bits per heavy atom. The average Bonchev–Trinajstić information content (AvgIpc) is 2.49. The van der Waals surface area contributed by atoms with Crippen molar-refractivity contribution in [2.45, 2.75) is 16.2 Å². The van der Waals surface area contributed by atoms with Gasteiger partial charge in [0.25, 0.3) is 0 Å². The van der Waals surface area contributed by atoms with Gasteiger partial charge in [-0.3, -0.25) is 0 Å². The normalized spacial score (nSPS) is 21.1. The van der Waals surface area contributed by atoms with Gasteiger partial charge in [-0.1, -0.05) is 30.3 Å². The van der Waals surface area contributed by atoms with Crippen LogP contribution in [0.4, 0.5) is 0 Å². The molecule has 0 aliphatic carbocycles. The number of halogens is 1. The molecule has 2 nitrogen and oxygen atoms in total. The van der Waals surface area contributed by atoms with Gasteiger partial charge in [0.15, 0.2) is 0 Å². The van der Waals surface area contributed by atoms with Gasteiger partial charge in [0, 0.05) is 14.9 Å². The topological polar surface area (TPSA) is 21.3 Å².